The molecule has 0 amide bonds. The number of halogens is 2. The van der Waals surface area contributed by atoms with Crippen LogP contribution in [0.3, 0.4) is 0 Å². The lowest BCUT2D eigenvalue weighted by molar-refractivity contribution is 0.0939. The number of Topliss-reactive ketones (excluding diaryl/α,β-unsaturated/α-hetero) is 1. The molecule has 1 aromatic carbocycles. The van der Waals surface area contributed by atoms with Crippen LogP contribution in [-0.4, -0.2) is 10.4 Å². The standard InChI is InChI=1S/C15H15ClFNO/c1-10(2)15(19)12-5-6-18(9-12)8-11-3-4-13(16)14(17)7-11/h3-7,9-10H,8H2,1-2H3. The summed E-state index contributed by atoms with van der Waals surface area (Å²) < 4.78 is 15.2. The molecule has 0 unspecified atom stereocenters. The lowest BCUT2D eigenvalue weighted by Crippen LogP contribution is -2.06. The molecular weight excluding hydrogens is 265 g/mol. The first-order valence-electron chi connectivity index (χ1n) is 6.11. The fourth-order valence-corrected chi connectivity index (χ4v) is 1.98. The molecule has 0 radical (unpaired) electrons. The minimum Gasteiger partial charge on any atom is -0.349 e. The Hall–Kier alpha value is -1.61. The molecule has 1 heterocycles. The molecule has 0 saturated carbocycles. The Morgan fingerprint density at radius 3 is 2.74 bits per heavy atom. The maximum atomic E-state index is 13.3. The van der Waals surface area contributed by atoms with Crippen LogP contribution >= 0.6 is 11.6 Å². The highest BCUT2D eigenvalue weighted by Gasteiger charge is 2.11. The lowest BCUT2D eigenvalue weighted by Gasteiger charge is -2.04. The predicted octanol–water partition coefficient (Wildman–Crippen LogP) is 4.17. The number of carbonyl (C=O) groups excluding carboxylic acids is 1. The third-order valence-electron chi connectivity index (χ3n) is 2.91. The Balaban J connectivity index is 2.15. The van der Waals surface area contributed by atoms with Crippen LogP contribution in [0.25, 0.3) is 0 Å². The van der Waals surface area contributed by atoms with Crippen molar-refractivity contribution >= 4 is 17.4 Å². The van der Waals surface area contributed by atoms with Crippen molar-refractivity contribution in [1.29, 1.82) is 0 Å². The van der Waals surface area contributed by atoms with Crippen molar-refractivity contribution in [2.24, 2.45) is 5.92 Å². The Morgan fingerprint density at radius 2 is 2.11 bits per heavy atom. The van der Waals surface area contributed by atoms with Crippen LogP contribution in [-0.2, 0) is 6.54 Å². The summed E-state index contributed by atoms with van der Waals surface area (Å²) in [6.07, 6.45) is 3.61. The highest BCUT2D eigenvalue weighted by molar-refractivity contribution is 6.30. The van der Waals surface area contributed by atoms with E-state index in [0.717, 1.165) is 5.56 Å². The van der Waals surface area contributed by atoms with E-state index >= 15 is 0 Å². The summed E-state index contributed by atoms with van der Waals surface area (Å²) in [5.41, 5.74) is 1.49. The van der Waals surface area contributed by atoms with Crippen molar-refractivity contribution in [3.05, 3.63) is 58.6 Å². The van der Waals surface area contributed by atoms with Gasteiger partial charge in [0.2, 0.25) is 0 Å². The van der Waals surface area contributed by atoms with Crippen molar-refractivity contribution in [3.63, 3.8) is 0 Å². The van der Waals surface area contributed by atoms with E-state index in [0.29, 0.717) is 12.1 Å². The van der Waals surface area contributed by atoms with Crippen molar-refractivity contribution in [2.45, 2.75) is 20.4 Å². The molecule has 0 aliphatic carbocycles. The fourth-order valence-electron chi connectivity index (χ4n) is 1.87. The first-order valence-corrected chi connectivity index (χ1v) is 6.49. The lowest BCUT2D eigenvalue weighted by atomic mass is 10.0. The molecule has 0 aliphatic rings. The second-order valence-electron chi connectivity index (χ2n) is 4.84. The molecule has 2 nitrogen and oxygen atoms in total. The molecule has 0 atom stereocenters. The zero-order chi connectivity index (χ0) is 14.0. The van der Waals surface area contributed by atoms with E-state index in [9.17, 15) is 9.18 Å². The molecule has 0 aliphatic heterocycles. The number of carbonyl (C=O) groups is 1. The first kappa shape index (κ1) is 13.8. The molecule has 2 aromatic rings. The van der Waals surface area contributed by atoms with Gasteiger partial charge in [-0.05, 0) is 23.8 Å². The van der Waals surface area contributed by atoms with E-state index in [4.69, 9.17) is 11.6 Å². The molecule has 0 saturated heterocycles. The number of hydrogen-bond acceptors (Lipinski definition) is 1. The normalized spacial score (nSPS) is 11.0. The maximum absolute atomic E-state index is 13.3. The molecule has 0 bridgehead atoms. The van der Waals surface area contributed by atoms with Crippen LogP contribution in [0.15, 0.2) is 36.7 Å². The van der Waals surface area contributed by atoms with Gasteiger partial charge in [-0.2, -0.15) is 0 Å². The van der Waals surface area contributed by atoms with Crippen LogP contribution in [0, 0.1) is 11.7 Å². The fraction of sp³-hybridized carbons (Fsp3) is 0.267. The van der Waals surface area contributed by atoms with E-state index < -0.39 is 5.82 Å². The van der Waals surface area contributed by atoms with E-state index in [1.54, 1.807) is 18.3 Å². The van der Waals surface area contributed by atoms with Gasteiger partial charge in [0.25, 0.3) is 0 Å². The van der Waals surface area contributed by atoms with Crippen molar-refractivity contribution in [3.8, 4) is 0 Å². The van der Waals surface area contributed by atoms with Gasteiger partial charge in [-0.3, -0.25) is 4.79 Å². The average Bonchev–Trinajstić information content (AvgIpc) is 2.81. The van der Waals surface area contributed by atoms with Crippen molar-refractivity contribution in [1.82, 2.24) is 4.57 Å². The average molecular weight is 280 g/mol. The van der Waals surface area contributed by atoms with Crippen LogP contribution < -0.4 is 0 Å². The highest BCUT2D eigenvalue weighted by Crippen LogP contribution is 2.17. The van der Waals surface area contributed by atoms with Gasteiger partial charge in [-0.15, -0.1) is 0 Å². The maximum Gasteiger partial charge on any atom is 0.166 e. The van der Waals surface area contributed by atoms with E-state index in [2.05, 4.69) is 0 Å². The summed E-state index contributed by atoms with van der Waals surface area (Å²) in [7, 11) is 0. The second-order valence-corrected chi connectivity index (χ2v) is 5.25. The van der Waals surface area contributed by atoms with Gasteiger partial charge in [0.15, 0.2) is 5.78 Å². The zero-order valence-corrected chi connectivity index (χ0v) is 11.6. The molecule has 0 fully saturated rings. The summed E-state index contributed by atoms with van der Waals surface area (Å²) in [4.78, 5) is 11.8. The van der Waals surface area contributed by atoms with Gasteiger partial charge in [0, 0.05) is 30.4 Å². The minimum absolute atomic E-state index is 0.0242. The third kappa shape index (κ3) is 3.24. The minimum atomic E-state index is -0.426. The van der Waals surface area contributed by atoms with Gasteiger partial charge in [-0.1, -0.05) is 31.5 Å². The summed E-state index contributed by atoms with van der Waals surface area (Å²) in [6.45, 7) is 4.25. The smallest absolute Gasteiger partial charge is 0.166 e. The number of hydrogen-bond donors (Lipinski definition) is 0. The van der Waals surface area contributed by atoms with Crippen LogP contribution in [0.5, 0.6) is 0 Å². The van der Waals surface area contributed by atoms with Crippen LogP contribution in [0.1, 0.15) is 29.8 Å². The number of nitrogens with zero attached hydrogens (tertiary/aromatic N) is 1. The molecule has 100 valence electrons. The molecule has 2 rings (SSSR count). The summed E-state index contributed by atoms with van der Waals surface area (Å²) >= 11 is 5.64. The van der Waals surface area contributed by atoms with E-state index in [-0.39, 0.29) is 16.7 Å². The van der Waals surface area contributed by atoms with E-state index in [1.165, 1.54) is 12.1 Å². The van der Waals surface area contributed by atoms with Gasteiger partial charge >= 0.3 is 0 Å². The monoisotopic (exact) mass is 279 g/mol. The number of rotatable bonds is 4. The summed E-state index contributed by atoms with van der Waals surface area (Å²) in [6, 6.07) is 6.51. The topological polar surface area (TPSA) is 22.0 Å². The summed E-state index contributed by atoms with van der Waals surface area (Å²) in [5.74, 6) is -0.338. The van der Waals surface area contributed by atoms with Crippen LogP contribution in [0.2, 0.25) is 5.02 Å². The molecule has 1 aromatic heterocycles. The predicted molar refractivity (Wildman–Crippen MR) is 74.1 cm³/mol. The molecule has 4 heteroatoms. The van der Waals surface area contributed by atoms with Gasteiger partial charge in [-0.25, -0.2) is 4.39 Å². The highest BCUT2D eigenvalue weighted by atomic mass is 35.5. The summed E-state index contributed by atoms with van der Waals surface area (Å²) in [5, 5.41) is 0.118. The largest absolute Gasteiger partial charge is 0.349 e. The Kier molecular flexibility index (Phi) is 4.05. The third-order valence-corrected chi connectivity index (χ3v) is 3.22. The van der Waals surface area contributed by atoms with Gasteiger partial charge in [0.05, 0.1) is 5.02 Å². The van der Waals surface area contributed by atoms with E-state index in [1.807, 2.05) is 24.6 Å². The zero-order valence-electron chi connectivity index (χ0n) is 10.9. The second kappa shape index (κ2) is 5.57. The molecular formula is C15H15ClFNO. The number of ketones is 1. The van der Waals surface area contributed by atoms with Crippen LogP contribution in [0.4, 0.5) is 4.39 Å². The first-order chi connectivity index (χ1) is 8.97. The molecule has 0 spiro atoms. The van der Waals surface area contributed by atoms with Gasteiger partial charge in [0.1, 0.15) is 5.82 Å². The number of benzene rings is 1. The molecule has 19 heavy (non-hydrogen) atoms. The van der Waals surface area contributed by atoms with Crippen molar-refractivity contribution in [2.75, 3.05) is 0 Å². The molecule has 0 N–H and O–H groups in total. The number of aromatic nitrogens is 1. The van der Waals surface area contributed by atoms with Gasteiger partial charge < -0.3 is 4.57 Å². The Labute approximate surface area is 116 Å². The Bertz CT molecular complexity index is 604. The quantitative estimate of drug-likeness (QED) is 0.770. The van der Waals surface area contributed by atoms with Crippen molar-refractivity contribution < 1.29 is 9.18 Å². The Morgan fingerprint density at radius 1 is 1.37 bits per heavy atom. The SMILES string of the molecule is CC(C)C(=O)c1ccn(Cc2ccc(Cl)c(F)c2)c1.